The molecule has 0 saturated heterocycles. The Labute approximate surface area is 150 Å². The van der Waals surface area contributed by atoms with Crippen molar-refractivity contribution >= 4 is 18.1 Å². The maximum Gasteiger partial charge on any atom is 0.341 e. The second-order valence-electron chi connectivity index (χ2n) is 5.81. The van der Waals surface area contributed by atoms with Crippen molar-refractivity contribution in [2.24, 2.45) is 0 Å². The number of nitrogens with zero attached hydrogens (tertiary/aromatic N) is 1. The van der Waals surface area contributed by atoms with E-state index in [1.165, 1.54) is 17.0 Å². The van der Waals surface area contributed by atoms with Crippen LogP contribution in [0.5, 0.6) is 5.75 Å². The predicted octanol–water partition coefficient (Wildman–Crippen LogP) is 3.47. The van der Waals surface area contributed by atoms with Crippen molar-refractivity contribution in [1.82, 2.24) is 4.57 Å². The molecular weight excluding hydrogens is 330 g/mol. The fraction of sp³-hybridized carbons (Fsp3) is 0.0476. The van der Waals surface area contributed by atoms with E-state index < -0.39 is 22.7 Å². The van der Waals surface area contributed by atoms with E-state index in [1.807, 2.05) is 66.7 Å². The normalized spacial score (nSPS) is 10.9. The molecule has 0 radical (unpaired) electrons. The number of aromatic hydroxyl groups is 1. The number of carboxylic acids is 1. The van der Waals surface area contributed by atoms with E-state index in [0.717, 1.165) is 16.7 Å². The van der Waals surface area contributed by atoms with Gasteiger partial charge in [-0.1, -0.05) is 66.7 Å². The van der Waals surface area contributed by atoms with Crippen molar-refractivity contribution in [3.8, 4) is 5.75 Å². The first-order chi connectivity index (χ1) is 12.5. The summed E-state index contributed by atoms with van der Waals surface area (Å²) in [6, 6.07) is 17.5. The first kappa shape index (κ1) is 17.2. The molecule has 5 nitrogen and oxygen atoms in total. The molecule has 2 N–H and O–H groups in total. The molecule has 0 aliphatic heterocycles. The lowest BCUT2D eigenvalue weighted by Gasteiger charge is -2.11. The molecule has 0 amide bonds. The van der Waals surface area contributed by atoms with E-state index in [4.69, 9.17) is 5.11 Å². The van der Waals surface area contributed by atoms with Gasteiger partial charge in [0, 0.05) is 12.7 Å². The van der Waals surface area contributed by atoms with Gasteiger partial charge in [0.1, 0.15) is 5.56 Å². The van der Waals surface area contributed by atoms with Crippen LogP contribution in [0.25, 0.3) is 12.2 Å². The third-order valence-electron chi connectivity index (χ3n) is 3.95. The summed E-state index contributed by atoms with van der Waals surface area (Å²) in [5.74, 6) is -1.95. The molecule has 2 aromatic carbocycles. The van der Waals surface area contributed by atoms with Gasteiger partial charge in [0.2, 0.25) is 5.43 Å². The van der Waals surface area contributed by atoms with Crippen LogP contribution in [0.15, 0.2) is 71.8 Å². The van der Waals surface area contributed by atoms with Crippen LogP contribution < -0.4 is 5.43 Å². The molecule has 0 aliphatic carbocycles. The first-order valence-electron chi connectivity index (χ1n) is 8.02. The smallest absolute Gasteiger partial charge is 0.341 e. The Bertz CT molecular complexity index is 1020. The van der Waals surface area contributed by atoms with Gasteiger partial charge in [0.25, 0.3) is 0 Å². The molecule has 26 heavy (non-hydrogen) atoms. The van der Waals surface area contributed by atoms with Crippen LogP contribution in [0.4, 0.5) is 0 Å². The van der Waals surface area contributed by atoms with Crippen LogP contribution in [-0.4, -0.2) is 20.7 Å². The SMILES string of the molecule is O=C(O)c1cn(Cc2ccccc2/C=C/c2ccccc2)cc(O)c1=O. The quantitative estimate of drug-likeness (QED) is 0.693. The third kappa shape index (κ3) is 3.89. The molecule has 0 fully saturated rings. The average Bonchev–Trinajstić information content (AvgIpc) is 2.64. The Morgan fingerprint density at radius 3 is 2.38 bits per heavy atom. The summed E-state index contributed by atoms with van der Waals surface area (Å²) in [5, 5.41) is 18.8. The zero-order valence-electron chi connectivity index (χ0n) is 13.9. The number of pyridine rings is 1. The highest BCUT2D eigenvalue weighted by atomic mass is 16.4. The lowest BCUT2D eigenvalue weighted by molar-refractivity contribution is 0.0694. The number of hydrogen-bond acceptors (Lipinski definition) is 3. The maximum atomic E-state index is 11.7. The molecule has 0 unspecified atom stereocenters. The van der Waals surface area contributed by atoms with E-state index in [2.05, 4.69) is 0 Å². The van der Waals surface area contributed by atoms with Crippen LogP contribution in [0.3, 0.4) is 0 Å². The van der Waals surface area contributed by atoms with Gasteiger partial charge in [0.05, 0.1) is 6.20 Å². The minimum absolute atomic E-state index is 0.323. The van der Waals surface area contributed by atoms with Gasteiger partial charge in [-0.15, -0.1) is 0 Å². The van der Waals surface area contributed by atoms with E-state index in [9.17, 15) is 14.7 Å². The Morgan fingerprint density at radius 1 is 0.962 bits per heavy atom. The van der Waals surface area contributed by atoms with Crippen LogP contribution in [0, 0.1) is 0 Å². The largest absolute Gasteiger partial charge is 0.503 e. The minimum atomic E-state index is -1.36. The van der Waals surface area contributed by atoms with Crippen LogP contribution in [-0.2, 0) is 6.54 Å². The number of hydrogen-bond donors (Lipinski definition) is 2. The second kappa shape index (κ2) is 7.53. The highest BCUT2D eigenvalue weighted by molar-refractivity contribution is 5.87. The third-order valence-corrected chi connectivity index (χ3v) is 3.95. The fourth-order valence-electron chi connectivity index (χ4n) is 2.65. The predicted molar refractivity (Wildman–Crippen MR) is 100 cm³/mol. The second-order valence-corrected chi connectivity index (χ2v) is 5.81. The molecule has 1 heterocycles. The standard InChI is InChI=1S/C21H17NO4/c23-19-14-22(13-18(20(19)24)21(25)26)12-17-9-5-4-8-16(17)11-10-15-6-2-1-3-7-15/h1-11,13-14,23H,12H2,(H,25,26)/b11-10+. The molecule has 0 saturated carbocycles. The number of carboxylic acid groups (broad SMARTS) is 1. The Balaban J connectivity index is 1.93. The monoisotopic (exact) mass is 347 g/mol. The van der Waals surface area contributed by atoms with Crippen LogP contribution in [0.1, 0.15) is 27.0 Å². The number of rotatable bonds is 5. The molecule has 3 rings (SSSR count). The lowest BCUT2D eigenvalue weighted by Crippen LogP contribution is -2.17. The molecule has 130 valence electrons. The zero-order chi connectivity index (χ0) is 18.5. The summed E-state index contributed by atoms with van der Waals surface area (Å²) in [7, 11) is 0. The minimum Gasteiger partial charge on any atom is -0.503 e. The molecule has 0 bridgehead atoms. The van der Waals surface area contributed by atoms with Gasteiger partial charge in [-0.25, -0.2) is 4.79 Å². The topological polar surface area (TPSA) is 79.5 Å². The number of aromatic nitrogens is 1. The summed E-state index contributed by atoms with van der Waals surface area (Å²) in [6.07, 6.45) is 6.45. The highest BCUT2D eigenvalue weighted by Crippen LogP contribution is 2.16. The van der Waals surface area contributed by atoms with Gasteiger partial charge in [-0.2, -0.15) is 0 Å². The summed E-state index contributed by atoms with van der Waals surface area (Å²) in [5.41, 5.74) is 1.62. The van der Waals surface area contributed by atoms with E-state index in [-0.39, 0.29) is 0 Å². The summed E-state index contributed by atoms with van der Waals surface area (Å²) in [4.78, 5) is 22.9. The van der Waals surface area contributed by atoms with Crippen molar-refractivity contribution in [1.29, 1.82) is 0 Å². The van der Waals surface area contributed by atoms with E-state index in [0.29, 0.717) is 6.54 Å². The lowest BCUT2D eigenvalue weighted by atomic mass is 10.1. The fourth-order valence-corrected chi connectivity index (χ4v) is 2.65. The molecule has 1 aromatic heterocycles. The van der Waals surface area contributed by atoms with Crippen molar-refractivity contribution < 1.29 is 15.0 Å². The van der Waals surface area contributed by atoms with Crippen LogP contribution in [0.2, 0.25) is 0 Å². The Morgan fingerprint density at radius 2 is 1.65 bits per heavy atom. The molecule has 0 spiro atoms. The van der Waals surface area contributed by atoms with Gasteiger partial charge in [-0.05, 0) is 16.7 Å². The molecule has 0 atom stereocenters. The highest BCUT2D eigenvalue weighted by Gasteiger charge is 2.13. The zero-order valence-corrected chi connectivity index (χ0v) is 13.9. The van der Waals surface area contributed by atoms with E-state index >= 15 is 0 Å². The summed E-state index contributed by atoms with van der Waals surface area (Å²) >= 11 is 0. The van der Waals surface area contributed by atoms with Crippen molar-refractivity contribution in [2.45, 2.75) is 6.54 Å². The average molecular weight is 347 g/mol. The Hall–Kier alpha value is -3.60. The molecular formula is C21H17NO4. The van der Waals surface area contributed by atoms with Crippen LogP contribution >= 0.6 is 0 Å². The number of carbonyl (C=O) groups is 1. The van der Waals surface area contributed by atoms with E-state index in [1.54, 1.807) is 0 Å². The van der Waals surface area contributed by atoms with Gasteiger partial charge >= 0.3 is 5.97 Å². The maximum absolute atomic E-state index is 11.7. The first-order valence-corrected chi connectivity index (χ1v) is 8.02. The van der Waals surface area contributed by atoms with Crippen molar-refractivity contribution in [3.63, 3.8) is 0 Å². The van der Waals surface area contributed by atoms with Gasteiger partial charge in [0.15, 0.2) is 5.75 Å². The Kier molecular flexibility index (Phi) is 4.99. The van der Waals surface area contributed by atoms with Crippen molar-refractivity contribution in [2.75, 3.05) is 0 Å². The molecule has 3 aromatic rings. The summed E-state index contributed by atoms with van der Waals surface area (Å²) < 4.78 is 1.50. The molecule has 5 heteroatoms. The van der Waals surface area contributed by atoms with Gasteiger partial charge in [-0.3, -0.25) is 4.79 Å². The number of aromatic carboxylic acids is 1. The van der Waals surface area contributed by atoms with Crippen molar-refractivity contribution in [3.05, 3.63) is 99.5 Å². The molecule has 0 aliphatic rings. The van der Waals surface area contributed by atoms with Gasteiger partial charge < -0.3 is 14.8 Å². The summed E-state index contributed by atoms with van der Waals surface area (Å²) in [6.45, 7) is 0.323. The number of benzene rings is 2.